The van der Waals surface area contributed by atoms with Crippen LogP contribution in [0.25, 0.3) is 11.2 Å². The summed E-state index contributed by atoms with van der Waals surface area (Å²) in [6.45, 7) is -2.89. The average molecular weight is 632 g/mol. The maximum absolute atomic E-state index is 13.5. The van der Waals surface area contributed by atoms with Crippen LogP contribution in [0, 0.1) is 11.8 Å². The molecule has 5 heterocycles. The Morgan fingerprint density at radius 1 is 1.20 bits per heavy atom. The second-order valence-corrected chi connectivity index (χ2v) is 14.2. The van der Waals surface area contributed by atoms with Crippen molar-refractivity contribution in [1.29, 1.82) is 0 Å². The number of aromatic amines is 1. The van der Waals surface area contributed by atoms with Gasteiger partial charge in [-0.15, -0.1) is 0 Å². The Morgan fingerprint density at radius 2 is 2.02 bits per heavy atom. The van der Waals surface area contributed by atoms with E-state index in [-0.39, 0.29) is 36.7 Å². The third kappa shape index (κ3) is 6.07. The molecule has 17 nitrogen and oxygen atoms in total. The smallest absolute Gasteiger partial charge is 0.472 e. The highest BCUT2D eigenvalue weighted by Gasteiger charge is 2.50. The summed E-state index contributed by atoms with van der Waals surface area (Å²) in [5, 5.41) is 0. The molecule has 3 aromatic rings. The molecule has 2 unspecified atom stereocenters. The van der Waals surface area contributed by atoms with Crippen LogP contribution in [0.1, 0.15) is 26.0 Å². The fourth-order valence-electron chi connectivity index (χ4n) is 5.24. The van der Waals surface area contributed by atoms with Gasteiger partial charge in [0.15, 0.2) is 17.4 Å². The van der Waals surface area contributed by atoms with E-state index in [9.17, 15) is 18.8 Å². The van der Waals surface area contributed by atoms with Crippen molar-refractivity contribution in [2.45, 2.75) is 50.4 Å². The molecular weight excluding hydrogens is 604 g/mol. The Balaban J connectivity index is 1.28. The van der Waals surface area contributed by atoms with Gasteiger partial charge in [-0.2, -0.15) is 4.98 Å². The minimum atomic E-state index is -4.59. The molecule has 1 saturated carbocycles. The van der Waals surface area contributed by atoms with Crippen LogP contribution in [0.4, 0.5) is 5.95 Å². The van der Waals surface area contributed by atoms with Crippen molar-refractivity contribution in [3.05, 3.63) is 35.3 Å². The van der Waals surface area contributed by atoms with Gasteiger partial charge in [0.1, 0.15) is 18.5 Å². The van der Waals surface area contributed by atoms with Crippen LogP contribution in [-0.4, -0.2) is 72.0 Å². The van der Waals surface area contributed by atoms with Gasteiger partial charge in [-0.3, -0.25) is 27.9 Å². The molecule has 3 fully saturated rings. The Morgan fingerprint density at radius 3 is 2.80 bits per heavy atom. The summed E-state index contributed by atoms with van der Waals surface area (Å²) < 4.78 is 62.4. The molecule has 3 aliphatic rings. The van der Waals surface area contributed by atoms with E-state index in [1.807, 2.05) is 0 Å². The molecule has 4 N–H and O–H groups in total. The number of nitrogens with one attached hydrogen (secondary N) is 1. The van der Waals surface area contributed by atoms with Gasteiger partial charge < -0.3 is 24.6 Å². The highest BCUT2D eigenvalue weighted by atomic mass is 32.7. The quantitative estimate of drug-likeness (QED) is 0.239. The van der Waals surface area contributed by atoms with Crippen LogP contribution in [0.5, 0.6) is 5.88 Å². The number of nitrogen functional groups attached to an aromatic ring is 1. The number of phosphoric ester groups is 1. The molecular formula is C21H27N7O10P2S. The normalized spacial score (nSPS) is 38.1. The van der Waals surface area contributed by atoms with E-state index in [1.54, 1.807) is 13.0 Å². The van der Waals surface area contributed by atoms with Crippen molar-refractivity contribution in [1.82, 2.24) is 29.5 Å². The average Bonchev–Trinajstić information content (AvgIpc) is 3.57. The summed E-state index contributed by atoms with van der Waals surface area (Å²) >= 11 is 4.20. The maximum atomic E-state index is 13.5. The number of ether oxygens (including phenoxy) is 2. The number of hydrogen-bond acceptors (Lipinski definition) is 14. The van der Waals surface area contributed by atoms with Crippen molar-refractivity contribution in [2.75, 3.05) is 18.9 Å². The molecule has 1 aliphatic carbocycles. The van der Waals surface area contributed by atoms with Gasteiger partial charge in [0, 0.05) is 30.5 Å². The molecule has 9 atom stereocenters. The Labute approximate surface area is 237 Å². The van der Waals surface area contributed by atoms with Crippen molar-refractivity contribution in [3.63, 3.8) is 0 Å². The molecule has 0 amide bonds. The molecule has 0 spiro atoms. The first-order valence-electron chi connectivity index (χ1n) is 12.6. The van der Waals surface area contributed by atoms with Crippen LogP contribution in [-0.2, 0) is 32.0 Å². The second kappa shape index (κ2) is 11.0. The lowest BCUT2D eigenvalue weighted by Crippen LogP contribution is -2.28. The summed E-state index contributed by atoms with van der Waals surface area (Å²) in [4.78, 5) is 41.4. The number of phosphoric acid groups is 1. The fraction of sp³-hybridized carbons (Fsp3) is 0.571. The van der Waals surface area contributed by atoms with Gasteiger partial charge in [0.05, 0.1) is 31.7 Å². The summed E-state index contributed by atoms with van der Waals surface area (Å²) in [7, 11) is -4.59. The second-order valence-electron chi connectivity index (χ2n) is 9.96. The van der Waals surface area contributed by atoms with Crippen molar-refractivity contribution < 1.29 is 41.6 Å². The predicted octanol–water partition coefficient (Wildman–Crippen LogP) is 1.84. The zero-order valence-corrected chi connectivity index (χ0v) is 24.1. The third-order valence-electron chi connectivity index (χ3n) is 7.23. The van der Waals surface area contributed by atoms with Gasteiger partial charge in [-0.05, 0) is 6.42 Å². The number of thiol groups is 1. The van der Waals surface area contributed by atoms with Crippen molar-refractivity contribution in [3.8, 4) is 5.88 Å². The molecule has 41 heavy (non-hydrogen) atoms. The summed E-state index contributed by atoms with van der Waals surface area (Å²) in [6, 6.07) is 1.58. The van der Waals surface area contributed by atoms with Crippen LogP contribution >= 0.6 is 26.9 Å². The zero-order chi connectivity index (χ0) is 28.9. The Bertz CT molecular complexity index is 1580. The first kappa shape index (κ1) is 28.7. The molecule has 222 valence electrons. The molecule has 0 aromatic carbocycles. The van der Waals surface area contributed by atoms with Gasteiger partial charge in [-0.25, -0.2) is 24.1 Å². The van der Waals surface area contributed by atoms with Crippen molar-refractivity contribution in [2.24, 2.45) is 11.8 Å². The maximum Gasteiger partial charge on any atom is 0.472 e. The summed E-state index contributed by atoms with van der Waals surface area (Å²) in [5.41, 5.74) is 5.25. The first-order chi connectivity index (χ1) is 19.5. The van der Waals surface area contributed by atoms with Gasteiger partial charge in [0.2, 0.25) is 11.8 Å². The zero-order valence-electron chi connectivity index (χ0n) is 21.5. The highest BCUT2D eigenvalue weighted by Crippen LogP contribution is 2.59. The van der Waals surface area contributed by atoms with E-state index in [0.717, 1.165) is 0 Å². The standard InChI is InChI=1S/C21H27N7O10P2S/c1-10-14-7-33-39(30,31)37-13-5-12(35-15-2-3-23-8-24-15)4-11(13)6-34-40(32,41)38-17(10)20(36-14)28-9-25-16-18(28)26-21(22)27-19(16)29/h2-3,8-14,17,20H,4-7H2,1H3,(H,30,31)(H,32,41)(H3,22,26,27,29)/t10-,11-,12-,13+,14-,17-,20-,40?/m1/s1. The molecule has 6 rings (SSSR count). The van der Waals surface area contributed by atoms with E-state index in [2.05, 4.69) is 37.2 Å². The number of hydrogen-bond donors (Lipinski definition) is 4. The van der Waals surface area contributed by atoms with E-state index < -0.39 is 62.7 Å². The minimum absolute atomic E-state index is 0.00659. The van der Waals surface area contributed by atoms with Crippen LogP contribution in [0.2, 0.25) is 0 Å². The van der Waals surface area contributed by atoms with Crippen LogP contribution in [0.3, 0.4) is 0 Å². The van der Waals surface area contributed by atoms with E-state index in [0.29, 0.717) is 12.3 Å². The lowest BCUT2D eigenvalue weighted by Gasteiger charge is -2.26. The van der Waals surface area contributed by atoms with Gasteiger partial charge in [-0.1, -0.05) is 19.2 Å². The van der Waals surface area contributed by atoms with Gasteiger partial charge >= 0.3 is 14.6 Å². The molecule has 20 heteroatoms. The lowest BCUT2D eigenvalue weighted by atomic mass is 10.0. The minimum Gasteiger partial charge on any atom is -0.474 e. The summed E-state index contributed by atoms with van der Waals surface area (Å²) in [5.74, 6) is -0.907. The Hall–Kier alpha value is -2.40. The lowest BCUT2D eigenvalue weighted by molar-refractivity contribution is -0.0505. The Kier molecular flexibility index (Phi) is 7.72. The first-order valence-corrected chi connectivity index (χ1v) is 16.8. The number of fused-ring (bicyclic) bond motifs is 4. The third-order valence-corrected chi connectivity index (χ3v) is 9.86. The fourth-order valence-corrected chi connectivity index (χ4v) is 7.81. The number of imidazole rings is 1. The molecule has 0 radical (unpaired) electrons. The number of anilines is 1. The van der Waals surface area contributed by atoms with E-state index >= 15 is 0 Å². The van der Waals surface area contributed by atoms with Crippen LogP contribution < -0.4 is 16.0 Å². The number of aromatic nitrogens is 6. The predicted molar refractivity (Wildman–Crippen MR) is 143 cm³/mol. The van der Waals surface area contributed by atoms with E-state index in [4.69, 9.17) is 33.3 Å². The van der Waals surface area contributed by atoms with Crippen molar-refractivity contribution >= 4 is 44.0 Å². The van der Waals surface area contributed by atoms with Crippen LogP contribution in [0.15, 0.2) is 29.7 Å². The SMILES string of the molecule is C[C@H]1[C@H]2OP(=O)(S)OC[C@H]3C[C@@H](Oc4ccncn4)C[C@@H]3OP(=O)(O)OC[C@H]1O[C@H]2n1cnc2c(=O)[nH]c(N)nc21. The number of nitrogens with two attached hydrogens (primary N) is 1. The van der Waals surface area contributed by atoms with E-state index in [1.165, 1.54) is 23.4 Å². The number of nitrogens with zero attached hydrogens (tertiary/aromatic N) is 5. The monoisotopic (exact) mass is 631 g/mol. The number of rotatable bonds is 3. The summed E-state index contributed by atoms with van der Waals surface area (Å²) in [6.07, 6.45) is 0.558. The molecule has 3 aromatic heterocycles. The topological polar surface area (TPSA) is 225 Å². The molecule has 2 saturated heterocycles. The molecule has 2 bridgehead atoms. The van der Waals surface area contributed by atoms with Gasteiger partial charge in [0.25, 0.3) is 5.56 Å². The molecule has 2 aliphatic heterocycles. The number of H-pyrrole nitrogens is 1. The largest absolute Gasteiger partial charge is 0.474 e. The highest BCUT2D eigenvalue weighted by molar-refractivity contribution is 8.44.